The number of carbonyl (C=O) groups excluding carboxylic acids is 1. The van der Waals surface area contributed by atoms with Crippen LogP contribution in [0.2, 0.25) is 0 Å². The van der Waals surface area contributed by atoms with E-state index in [1.807, 2.05) is 25.1 Å². The molecule has 2 aromatic carbocycles. The highest BCUT2D eigenvalue weighted by atomic mass is 19.1. The van der Waals surface area contributed by atoms with Gasteiger partial charge in [0, 0.05) is 13.6 Å². The third kappa shape index (κ3) is 4.82. The van der Waals surface area contributed by atoms with E-state index < -0.39 is 0 Å². The molecule has 24 heavy (non-hydrogen) atoms. The summed E-state index contributed by atoms with van der Waals surface area (Å²) in [5.41, 5.74) is 3.32. The number of amides is 1. The van der Waals surface area contributed by atoms with E-state index in [1.165, 1.54) is 17.7 Å². The van der Waals surface area contributed by atoms with Gasteiger partial charge in [0.15, 0.2) is 6.61 Å². The van der Waals surface area contributed by atoms with Gasteiger partial charge in [-0.25, -0.2) is 4.39 Å². The first-order chi connectivity index (χ1) is 11.4. The summed E-state index contributed by atoms with van der Waals surface area (Å²) >= 11 is 0. The van der Waals surface area contributed by atoms with E-state index in [9.17, 15) is 9.18 Å². The van der Waals surface area contributed by atoms with E-state index >= 15 is 0 Å². The van der Waals surface area contributed by atoms with Crippen LogP contribution in [0.25, 0.3) is 0 Å². The molecule has 2 rings (SSSR count). The molecule has 0 aliphatic rings. The van der Waals surface area contributed by atoms with Crippen molar-refractivity contribution in [2.45, 2.75) is 33.2 Å². The number of ether oxygens (including phenoxy) is 1. The van der Waals surface area contributed by atoms with Crippen LogP contribution in [0.1, 0.15) is 36.5 Å². The fourth-order valence-corrected chi connectivity index (χ4v) is 2.59. The molecule has 0 spiro atoms. The van der Waals surface area contributed by atoms with E-state index in [-0.39, 0.29) is 18.3 Å². The number of hydrogen-bond donors (Lipinski definition) is 0. The van der Waals surface area contributed by atoms with Crippen LogP contribution in [0, 0.1) is 12.7 Å². The minimum atomic E-state index is -0.281. The van der Waals surface area contributed by atoms with Crippen LogP contribution in [0.15, 0.2) is 42.5 Å². The fraction of sp³-hybridized carbons (Fsp3) is 0.350. The van der Waals surface area contributed by atoms with Gasteiger partial charge in [-0.3, -0.25) is 4.79 Å². The monoisotopic (exact) mass is 329 g/mol. The molecule has 0 radical (unpaired) electrons. The molecule has 0 saturated heterocycles. The van der Waals surface area contributed by atoms with Gasteiger partial charge in [-0.2, -0.15) is 0 Å². The summed E-state index contributed by atoms with van der Waals surface area (Å²) in [6.07, 6.45) is 0. The molecule has 0 aliphatic heterocycles. The molecule has 0 heterocycles. The third-order valence-corrected chi connectivity index (χ3v) is 3.98. The van der Waals surface area contributed by atoms with Crippen molar-refractivity contribution in [3.05, 3.63) is 65.0 Å². The predicted molar refractivity (Wildman–Crippen MR) is 93.6 cm³/mol. The first-order valence-corrected chi connectivity index (χ1v) is 8.08. The van der Waals surface area contributed by atoms with Gasteiger partial charge in [-0.05, 0) is 53.8 Å². The van der Waals surface area contributed by atoms with Crippen molar-refractivity contribution < 1.29 is 13.9 Å². The molecule has 2 aromatic rings. The van der Waals surface area contributed by atoms with Gasteiger partial charge in [0.2, 0.25) is 0 Å². The molecular formula is C20H24FNO2. The molecule has 1 amide bonds. The molecule has 0 fully saturated rings. The maximum atomic E-state index is 12.9. The first kappa shape index (κ1) is 18.0. The van der Waals surface area contributed by atoms with Crippen molar-refractivity contribution in [1.29, 1.82) is 0 Å². The van der Waals surface area contributed by atoms with Crippen LogP contribution in [0.3, 0.4) is 0 Å². The number of aryl methyl sites for hydroxylation is 1. The summed E-state index contributed by atoms with van der Waals surface area (Å²) in [6, 6.07) is 12.0. The van der Waals surface area contributed by atoms with E-state index in [0.717, 1.165) is 11.1 Å². The summed E-state index contributed by atoms with van der Waals surface area (Å²) in [6.45, 7) is 6.75. The molecule has 0 aromatic heterocycles. The van der Waals surface area contributed by atoms with E-state index in [0.29, 0.717) is 18.2 Å². The second-order valence-corrected chi connectivity index (χ2v) is 6.34. The normalized spacial score (nSPS) is 10.8. The Morgan fingerprint density at radius 2 is 1.83 bits per heavy atom. The number of benzene rings is 2. The molecule has 0 bridgehead atoms. The summed E-state index contributed by atoms with van der Waals surface area (Å²) in [4.78, 5) is 13.7. The lowest BCUT2D eigenvalue weighted by atomic mass is 9.98. The standard InChI is InChI=1S/C20H24FNO2/c1-14(2)19-10-9-18(11-15(19)3)24-13-20(23)22(4)12-16-5-7-17(21)8-6-16/h5-11,14H,12-13H2,1-4H3. The predicted octanol–water partition coefficient (Wildman–Crippen LogP) is 4.29. The van der Waals surface area contributed by atoms with Gasteiger partial charge in [0.05, 0.1) is 0 Å². The van der Waals surface area contributed by atoms with E-state index in [1.54, 1.807) is 24.1 Å². The maximum Gasteiger partial charge on any atom is 0.260 e. The maximum absolute atomic E-state index is 12.9. The second kappa shape index (κ2) is 7.95. The average Bonchev–Trinajstić information content (AvgIpc) is 2.54. The average molecular weight is 329 g/mol. The molecule has 0 N–H and O–H groups in total. The van der Waals surface area contributed by atoms with Crippen LogP contribution < -0.4 is 4.74 Å². The number of likely N-dealkylation sites (N-methyl/N-ethyl adjacent to an activating group) is 1. The zero-order valence-electron chi connectivity index (χ0n) is 14.7. The zero-order chi connectivity index (χ0) is 17.7. The minimum Gasteiger partial charge on any atom is -0.484 e. The van der Waals surface area contributed by atoms with Crippen molar-refractivity contribution in [2.75, 3.05) is 13.7 Å². The highest BCUT2D eigenvalue weighted by Gasteiger charge is 2.11. The molecule has 3 nitrogen and oxygen atoms in total. The van der Waals surface area contributed by atoms with Crippen LogP contribution in [-0.4, -0.2) is 24.5 Å². The number of nitrogens with zero attached hydrogens (tertiary/aromatic N) is 1. The van der Waals surface area contributed by atoms with Gasteiger partial charge in [0.1, 0.15) is 11.6 Å². The molecule has 0 atom stereocenters. The smallest absolute Gasteiger partial charge is 0.260 e. The van der Waals surface area contributed by atoms with Crippen LogP contribution in [0.4, 0.5) is 4.39 Å². The van der Waals surface area contributed by atoms with Crippen molar-refractivity contribution in [3.63, 3.8) is 0 Å². The zero-order valence-corrected chi connectivity index (χ0v) is 14.7. The van der Waals surface area contributed by atoms with Crippen LogP contribution >= 0.6 is 0 Å². The Kier molecular flexibility index (Phi) is 5.96. The molecule has 4 heteroatoms. The van der Waals surface area contributed by atoms with E-state index in [2.05, 4.69) is 13.8 Å². The number of hydrogen-bond acceptors (Lipinski definition) is 2. The minimum absolute atomic E-state index is 0.0157. The topological polar surface area (TPSA) is 29.5 Å². The Balaban J connectivity index is 1.90. The lowest BCUT2D eigenvalue weighted by Crippen LogP contribution is -2.30. The quantitative estimate of drug-likeness (QED) is 0.791. The largest absolute Gasteiger partial charge is 0.484 e. The van der Waals surface area contributed by atoms with Gasteiger partial charge >= 0.3 is 0 Å². The SMILES string of the molecule is Cc1cc(OCC(=O)N(C)Cc2ccc(F)cc2)ccc1C(C)C. The summed E-state index contributed by atoms with van der Waals surface area (Å²) < 4.78 is 18.5. The third-order valence-electron chi connectivity index (χ3n) is 3.98. The number of halogens is 1. The Labute approximate surface area is 143 Å². The lowest BCUT2D eigenvalue weighted by molar-refractivity contribution is -0.132. The van der Waals surface area contributed by atoms with Crippen molar-refractivity contribution in [2.24, 2.45) is 0 Å². The van der Waals surface area contributed by atoms with Crippen molar-refractivity contribution >= 4 is 5.91 Å². The fourth-order valence-electron chi connectivity index (χ4n) is 2.59. The number of rotatable bonds is 6. The summed E-state index contributed by atoms with van der Waals surface area (Å²) in [7, 11) is 1.71. The van der Waals surface area contributed by atoms with Gasteiger partial charge < -0.3 is 9.64 Å². The Morgan fingerprint density at radius 1 is 1.17 bits per heavy atom. The molecule has 0 saturated carbocycles. The van der Waals surface area contributed by atoms with Gasteiger partial charge in [-0.1, -0.05) is 32.0 Å². The van der Waals surface area contributed by atoms with E-state index in [4.69, 9.17) is 4.74 Å². The molecule has 128 valence electrons. The lowest BCUT2D eigenvalue weighted by Gasteiger charge is -2.18. The van der Waals surface area contributed by atoms with Crippen molar-refractivity contribution in [3.8, 4) is 5.75 Å². The van der Waals surface area contributed by atoms with Crippen LogP contribution in [0.5, 0.6) is 5.75 Å². The Bertz CT molecular complexity index is 695. The second-order valence-electron chi connectivity index (χ2n) is 6.34. The van der Waals surface area contributed by atoms with Crippen molar-refractivity contribution in [1.82, 2.24) is 4.90 Å². The van der Waals surface area contributed by atoms with Crippen LogP contribution in [-0.2, 0) is 11.3 Å². The number of carbonyl (C=O) groups is 1. The van der Waals surface area contributed by atoms with Gasteiger partial charge in [-0.15, -0.1) is 0 Å². The Hall–Kier alpha value is -2.36. The Morgan fingerprint density at radius 3 is 2.42 bits per heavy atom. The summed E-state index contributed by atoms with van der Waals surface area (Å²) in [5, 5.41) is 0. The highest BCUT2D eigenvalue weighted by Crippen LogP contribution is 2.23. The first-order valence-electron chi connectivity index (χ1n) is 8.08. The highest BCUT2D eigenvalue weighted by molar-refractivity contribution is 5.77. The molecule has 0 unspecified atom stereocenters. The summed E-state index contributed by atoms with van der Waals surface area (Å²) in [5.74, 6) is 0.754. The molecule has 0 aliphatic carbocycles. The molecular weight excluding hydrogens is 305 g/mol. The van der Waals surface area contributed by atoms with Gasteiger partial charge in [0.25, 0.3) is 5.91 Å².